The predicted octanol–water partition coefficient (Wildman–Crippen LogP) is 2.76. The van der Waals surface area contributed by atoms with E-state index in [-0.39, 0.29) is 17.7 Å². The topological polar surface area (TPSA) is 41.5 Å². The van der Waals surface area contributed by atoms with Crippen LogP contribution >= 0.6 is 0 Å². The van der Waals surface area contributed by atoms with Crippen LogP contribution in [0.5, 0.6) is 5.75 Å². The van der Waals surface area contributed by atoms with Gasteiger partial charge in [-0.15, -0.1) is 0 Å². The normalized spacial score (nSPS) is 26.5. The van der Waals surface area contributed by atoms with E-state index >= 15 is 0 Å². The fourth-order valence-electron chi connectivity index (χ4n) is 2.68. The summed E-state index contributed by atoms with van der Waals surface area (Å²) in [5.41, 5.74) is 0.936. The van der Waals surface area contributed by atoms with E-state index in [1.165, 1.54) is 18.9 Å². The molecular formula is C16H22FNO2. The molecule has 0 aromatic heterocycles. The lowest BCUT2D eigenvalue weighted by atomic mass is 9.95. The van der Waals surface area contributed by atoms with Gasteiger partial charge in [-0.2, -0.15) is 0 Å². The number of aliphatic hydroxyl groups is 1. The molecule has 110 valence electrons. The molecular weight excluding hydrogens is 257 g/mol. The van der Waals surface area contributed by atoms with Crippen molar-refractivity contribution >= 4 is 0 Å². The highest BCUT2D eigenvalue weighted by Gasteiger charge is 2.25. The van der Waals surface area contributed by atoms with Crippen LogP contribution in [0.2, 0.25) is 0 Å². The summed E-state index contributed by atoms with van der Waals surface area (Å²) in [5, 5.41) is 13.2. The maximum Gasteiger partial charge on any atom is 0.165 e. The fourth-order valence-corrected chi connectivity index (χ4v) is 2.68. The minimum Gasteiger partial charge on any atom is -0.485 e. The van der Waals surface area contributed by atoms with E-state index in [2.05, 4.69) is 5.32 Å². The Labute approximate surface area is 119 Å². The second-order valence-corrected chi connectivity index (χ2v) is 5.93. The molecule has 0 radical (unpaired) electrons. The van der Waals surface area contributed by atoms with Gasteiger partial charge in [0.1, 0.15) is 6.10 Å². The number of aliphatic hydroxyl groups excluding tert-OH is 1. The maximum atomic E-state index is 14.0. The number of halogens is 1. The zero-order valence-corrected chi connectivity index (χ0v) is 11.6. The number of hydrogen-bond acceptors (Lipinski definition) is 3. The average molecular weight is 279 g/mol. The molecule has 2 fully saturated rings. The van der Waals surface area contributed by atoms with Crippen molar-refractivity contribution in [1.29, 1.82) is 0 Å². The zero-order valence-electron chi connectivity index (χ0n) is 11.6. The van der Waals surface area contributed by atoms with Crippen molar-refractivity contribution < 1.29 is 14.2 Å². The van der Waals surface area contributed by atoms with Gasteiger partial charge < -0.3 is 15.2 Å². The molecule has 3 nitrogen and oxygen atoms in total. The Morgan fingerprint density at radius 2 is 2.00 bits per heavy atom. The number of hydrogen-bond donors (Lipinski definition) is 2. The largest absolute Gasteiger partial charge is 0.485 e. The van der Waals surface area contributed by atoms with Crippen LogP contribution in [-0.2, 0) is 6.54 Å². The number of ether oxygens (including phenoxy) is 1. The minimum absolute atomic E-state index is 0.256. The van der Waals surface area contributed by atoms with Crippen molar-refractivity contribution in [3.63, 3.8) is 0 Å². The fraction of sp³-hybridized carbons (Fsp3) is 0.625. The van der Waals surface area contributed by atoms with E-state index in [9.17, 15) is 9.50 Å². The van der Waals surface area contributed by atoms with Gasteiger partial charge in [-0.1, -0.05) is 12.5 Å². The molecule has 4 heteroatoms. The van der Waals surface area contributed by atoms with E-state index in [4.69, 9.17) is 4.74 Å². The van der Waals surface area contributed by atoms with Crippen LogP contribution in [0.15, 0.2) is 18.2 Å². The molecule has 2 saturated carbocycles. The lowest BCUT2D eigenvalue weighted by molar-refractivity contribution is 0.00498. The summed E-state index contributed by atoms with van der Waals surface area (Å²) in [6.07, 6.45) is 5.31. The molecule has 0 bridgehead atoms. The molecule has 1 aromatic rings. The van der Waals surface area contributed by atoms with Crippen LogP contribution in [0.25, 0.3) is 0 Å². The number of nitrogens with one attached hydrogen (secondary N) is 1. The van der Waals surface area contributed by atoms with Gasteiger partial charge in [-0.05, 0) is 49.8 Å². The maximum absolute atomic E-state index is 14.0. The molecule has 0 amide bonds. The summed E-state index contributed by atoms with van der Waals surface area (Å²) in [7, 11) is 0. The Kier molecular flexibility index (Phi) is 4.22. The van der Waals surface area contributed by atoms with Crippen molar-refractivity contribution in [2.45, 2.75) is 63.3 Å². The van der Waals surface area contributed by atoms with Gasteiger partial charge in [0.2, 0.25) is 0 Å². The van der Waals surface area contributed by atoms with Gasteiger partial charge in [0.05, 0.1) is 6.10 Å². The molecule has 0 saturated heterocycles. The molecule has 2 unspecified atom stereocenters. The van der Waals surface area contributed by atoms with Crippen LogP contribution in [0, 0.1) is 5.82 Å². The zero-order chi connectivity index (χ0) is 13.9. The van der Waals surface area contributed by atoms with E-state index in [1.54, 1.807) is 6.07 Å². The summed E-state index contributed by atoms with van der Waals surface area (Å²) in [6, 6.07) is 5.72. The monoisotopic (exact) mass is 279 g/mol. The Bertz CT molecular complexity index is 462. The summed E-state index contributed by atoms with van der Waals surface area (Å²) < 4.78 is 19.7. The third kappa shape index (κ3) is 3.49. The lowest BCUT2D eigenvalue weighted by Gasteiger charge is -2.28. The van der Waals surface area contributed by atoms with Crippen LogP contribution in [-0.4, -0.2) is 23.4 Å². The predicted molar refractivity (Wildman–Crippen MR) is 75.2 cm³/mol. The first-order valence-electron chi connectivity index (χ1n) is 7.59. The first kappa shape index (κ1) is 13.8. The van der Waals surface area contributed by atoms with E-state index in [0.717, 1.165) is 31.2 Å². The highest BCUT2D eigenvalue weighted by Crippen LogP contribution is 2.26. The van der Waals surface area contributed by atoms with Gasteiger partial charge in [0.15, 0.2) is 11.6 Å². The van der Waals surface area contributed by atoms with Crippen LogP contribution < -0.4 is 10.1 Å². The second kappa shape index (κ2) is 6.10. The minimum atomic E-state index is -0.473. The molecule has 2 aliphatic carbocycles. The number of benzene rings is 1. The van der Waals surface area contributed by atoms with Gasteiger partial charge in [-0.3, -0.25) is 0 Å². The highest BCUT2D eigenvalue weighted by molar-refractivity contribution is 5.29. The van der Waals surface area contributed by atoms with Gasteiger partial charge in [-0.25, -0.2) is 4.39 Å². The molecule has 1 aromatic carbocycles. The Balaban J connectivity index is 1.60. The molecule has 2 N–H and O–H groups in total. The van der Waals surface area contributed by atoms with E-state index in [1.807, 2.05) is 6.07 Å². The summed E-state index contributed by atoms with van der Waals surface area (Å²) in [4.78, 5) is 0. The molecule has 20 heavy (non-hydrogen) atoms. The summed E-state index contributed by atoms with van der Waals surface area (Å²) in [6.45, 7) is 0.702. The summed E-state index contributed by atoms with van der Waals surface area (Å²) >= 11 is 0. The van der Waals surface area contributed by atoms with Crippen LogP contribution in [0.1, 0.15) is 44.1 Å². The molecule has 3 rings (SSSR count). The van der Waals surface area contributed by atoms with Gasteiger partial charge >= 0.3 is 0 Å². The van der Waals surface area contributed by atoms with E-state index < -0.39 is 6.10 Å². The second-order valence-electron chi connectivity index (χ2n) is 5.93. The highest BCUT2D eigenvalue weighted by atomic mass is 19.1. The van der Waals surface area contributed by atoms with Crippen molar-refractivity contribution in [2.24, 2.45) is 0 Å². The van der Waals surface area contributed by atoms with Crippen LogP contribution in [0.4, 0.5) is 4.39 Å². The third-order valence-corrected chi connectivity index (χ3v) is 4.11. The Morgan fingerprint density at radius 3 is 2.70 bits per heavy atom. The standard InChI is InChI=1S/C16H22FNO2/c17-13-9-11(10-18-12-6-7-12)5-8-15(13)20-16-4-2-1-3-14(16)19/h5,8-9,12,14,16,18-19H,1-4,6-7,10H2. The SMILES string of the molecule is OC1CCCCC1Oc1ccc(CNC2CC2)cc1F. The summed E-state index contributed by atoms with van der Waals surface area (Å²) in [5.74, 6) is -0.0796. The lowest BCUT2D eigenvalue weighted by Crippen LogP contribution is -2.34. The molecule has 0 heterocycles. The Morgan fingerprint density at radius 1 is 1.20 bits per heavy atom. The van der Waals surface area contributed by atoms with Crippen molar-refractivity contribution in [3.8, 4) is 5.75 Å². The van der Waals surface area contributed by atoms with Crippen molar-refractivity contribution in [1.82, 2.24) is 5.32 Å². The first-order chi connectivity index (χ1) is 9.72. The molecule has 2 atom stereocenters. The molecule has 0 aliphatic heterocycles. The van der Waals surface area contributed by atoms with Crippen molar-refractivity contribution in [2.75, 3.05) is 0 Å². The average Bonchev–Trinajstić information content (AvgIpc) is 3.26. The smallest absolute Gasteiger partial charge is 0.165 e. The first-order valence-corrected chi connectivity index (χ1v) is 7.59. The van der Waals surface area contributed by atoms with Gasteiger partial charge in [0, 0.05) is 12.6 Å². The van der Waals surface area contributed by atoms with E-state index in [0.29, 0.717) is 12.6 Å². The quantitative estimate of drug-likeness (QED) is 0.871. The van der Waals surface area contributed by atoms with Gasteiger partial charge in [0.25, 0.3) is 0 Å². The Hall–Kier alpha value is -1.13. The van der Waals surface area contributed by atoms with Crippen molar-refractivity contribution in [3.05, 3.63) is 29.6 Å². The third-order valence-electron chi connectivity index (χ3n) is 4.11. The molecule has 2 aliphatic rings. The molecule has 0 spiro atoms. The van der Waals surface area contributed by atoms with Crippen LogP contribution in [0.3, 0.4) is 0 Å². The number of rotatable bonds is 5.